The van der Waals surface area contributed by atoms with Crippen LogP contribution in [0.3, 0.4) is 0 Å². The molecule has 4 aromatic carbocycles. The van der Waals surface area contributed by atoms with E-state index >= 15 is 4.39 Å². The predicted molar refractivity (Wildman–Crippen MR) is 155 cm³/mol. The number of ketones is 1. The van der Waals surface area contributed by atoms with E-state index < -0.39 is 18.6 Å². The lowest BCUT2D eigenvalue weighted by molar-refractivity contribution is 0.0989. The van der Waals surface area contributed by atoms with Crippen LogP contribution in [0.1, 0.15) is 26.7 Å². The minimum Gasteiger partial charge on any atom is -0.507 e. The molecule has 0 bridgehead atoms. The smallest absolute Gasteiger partial charge is 0.180 e. The van der Waals surface area contributed by atoms with Crippen LogP contribution in [0.25, 0.3) is 0 Å². The number of thioether (sulfide) groups is 1. The molecule has 0 amide bonds. The standard InChI is InChI=1S/C27H21FIO4PS2/c28-23-15-22(32-17-18-7-3-1-4-8-18)16-24(30)27(23)35-26(20-9-5-2-6-10-20)25(31)19-11-13-21(14-12-19)33-36(29)34/h1-16,26,30,34H,17H2/i34T. The van der Waals surface area contributed by atoms with E-state index in [0.29, 0.717) is 24.8 Å². The van der Waals surface area contributed by atoms with Gasteiger partial charge in [0.25, 0.3) is 0 Å². The molecule has 2 atom stereocenters. The number of ether oxygens (including phenoxy) is 1. The Morgan fingerprint density at radius 1 is 1.03 bits per heavy atom. The molecule has 2 unspecified atom stereocenters. The second kappa shape index (κ2) is 12.7. The molecule has 0 saturated carbocycles. The summed E-state index contributed by atoms with van der Waals surface area (Å²) in [5.74, 6) is -0.447. The van der Waals surface area contributed by atoms with Crippen molar-refractivity contribution in [2.75, 3.05) is 0 Å². The van der Waals surface area contributed by atoms with E-state index in [0.717, 1.165) is 17.3 Å². The maximum Gasteiger partial charge on any atom is 0.180 e. The first-order chi connectivity index (χ1) is 17.9. The zero-order chi connectivity index (χ0) is 26.2. The van der Waals surface area contributed by atoms with Gasteiger partial charge in [-0.15, -0.1) is 11.8 Å². The van der Waals surface area contributed by atoms with Gasteiger partial charge in [-0.1, -0.05) is 60.7 Å². The number of carbonyl (C=O) groups is 1. The fraction of sp³-hybridized carbons (Fsp3) is 0.0741. The molecule has 0 aliphatic carbocycles. The van der Waals surface area contributed by atoms with E-state index in [1.54, 1.807) is 36.4 Å². The Morgan fingerprint density at radius 3 is 2.33 bits per heavy atom. The van der Waals surface area contributed by atoms with Crippen molar-refractivity contribution in [2.24, 2.45) is 0 Å². The van der Waals surface area contributed by atoms with Crippen molar-refractivity contribution in [1.82, 2.24) is 0 Å². The van der Waals surface area contributed by atoms with Crippen LogP contribution in [-0.4, -0.2) is 12.2 Å². The number of phenolic OH excluding ortho intramolecular Hbond substituents is 1. The monoisotopic (exact) mass is 652 g/mol. The highest BCUT2D eigenvalue weighted by Crippen LogP contribution is 2.44. The largest absolute Gasteiger partial charge is 0.507 e. The van der Waals surface area contributed by atoms with Crippen molar-refractivity contribution in [2.45, 2.75) is 16.8 Å². The molecule has 0 fully saturated rings. The first-order valence-electron chi connectivity index (χ1n) is 11.2. The van der Waals surface area contributed by atoms with E-state index in [9.17, 15) is 9.90 Å². The molecule has 0 aromatic heterocycles. The van der Waals surface area contributed by atoms with Crippen LogP contribution in [0, 0.1) is 5.82 Å². The van der Waals surface area contributed by atoms with Gasteiger partial charge in [-0.2, -0.15) is 0 Å². The van der Waals surface area contributed by atoms with E-state index in [-0.39, 0.29) is 28.8 Å². The van der Waals surface area contributed by atoms with Gasteiger partial charge in [0.2, 0.25) is 0 Å². The lowest BCUT2D eigenvalue weighted by atomic mass is 10.0. The molecule has 0 saturated heterocycles. The molecule has 4 rings (SSSR count). The van der Waals surface area contributed by atoms with Gasteiger partial charge in [-0.05, 0) is 43.4 Å². The molecule has 1 N–H and O–H groups in total. The van der Waals surface area contributed by atoms with Gasteiger partial charge < -0.3 is 14.0 Å². The summed E-state index contributed by atoms with van der Waals surface area (Å²) in [4.78, 5) is 13.5. The molecule has 9 heteroatoms. The first-order valence-corrected chi connectivity index (χ1v) is 16.4. The maximum absolute atomic E-state index is 15.2. The van der Waals surface area contributed by atoms with E-state index in [1.807, 2.05) is 69.7 Å². The summed E-state index contributed by atoms with van der Waals surface area (Å²) in [5.41, 5.74) is 2.02. The van der Waals surface area contributed by atoms with Gasteiger partial charge in [0.05, 0.1) is 17.7 Å². The van der Waals surface area contributed by atoms with Gasteiger partial charge in [-0.25, -0.2) is 4.39 Å². The molecule has 4 aromatic rings. The Morgan fingerprint density at radius 2 is 1.69 bits per heavy atom. The normalized spacial score (nSPS) is 13.0. The van der Waals surface area contributed by atoms with Crippen molar-refractivity contribution in [3.05, 3.63) is 120 Å². The van der Waals surface area contributed by atoms with Crippen LogP contribution < -0.4 is 8.92 Å². The molecule has 4 nitrogen and oxygen atoms in total. The van der Waals surface area contributed by atoms with Crippen LogP contribution >= 0.6 is 40.9 Å². The Hall–Kier alpha value is -2.39. The number of rotatable bonds is 10. The second-order valence-electron chi connectivity index (χ2n) is 7.61. The number of halogens is 2. The summed E-state index contributed by atoms with van der Waals surface area (Å²) in [6, 6.07) is 27.8. The average Bonchev–Trinajstić information content (AvgIpc) is 2.92. The topological polar surface area (TPSA) is 55.8 Å². The van der Waals surface area contributed by atoms with Crippen molar-refractivity contribution in [3.63, 3.8) is 0 Å². The second-order valence-corrected chi connectivity index (χ2v) is 14.8. The predicted octanol–water partition coefficient (Wildman–Crippen LogP) is 8.15. The van der Waals surface area contributed by atoms with Gasteiger partial charge in [0.1, 0.15) is 31.0 Å². The zero-order valence-electron chi connectivity index (χ0n) is 19.7. The van der Waals surface area contributed by atoms with Crippen molar-refractivity contribution in [3.8, 4) is 17.2 Å². The van der Waals surface area contributed by atoms with Crippen molar-refractivity contribution in [1.29, 1.82) is 1.28 Å². The number of aromatic hydroxyl groups is 1. The molecule has 36 heavy (non-hydrogen) atoms. The van der Waals surface area contributed by atoms with Gasteiger partial charge in [-0.3, -0.25) is 4.79 Å². The molecule has 0 aliphatic heterocycles. The lowest BCUT2D eigenvalue weighted by Gasteiger charge is -2.18. The number of phenols is 1. The third-order valence-electron chi connectivity index (χ3n) is 5.13. The Bertz CT molecular complexity index is 1370. The van der Waals surface area contributed by atoms with Crippen LogP contribution in [0.4, 0.5) is 4.39 Å². The highest BCUT2D eigenvalue weighted by Gasteiger charge is 2.26. The number of benzene rings is 4. The third-order valence-corrected chi connectivity index (χ3v) is 7.58. The summed E-state index contributed by atoms with van der Waals surface area (Å²) in [7, 11) is -0.217. The highest BCUT2D eigenvalue weighted by molar-refractivity contribution is 14.2. The SMILES string of the molecule is [3H]P=S(I)Oc1ccc(C(=O)C(Sc2c(O)cc(OCc3ccccc3)cc2F)c2ccccc2)cc1. The van der Waals surface area contributed by atoms with E-state index in [2.05, 4.69) is 0 Å². The molecule has 0 heterocycles. The van der Waals surface area contributed by atoms with Gasteiger partial charge >= 0.3 is 0 Å². The molecular formula is C27H21FIO4PS2. The summed E-state index contributed by atoms with van der Waals surface area (Å²) >= 11 is 3.00. The van der Waals surface area contributed by atoms with Gasteiger partial charge in [0, 0.05) is 38.9 Å². The molecule has 0 radical (unpaired) electrons. The average molecular weight is 652 g/mol. The fourth-order valence-electron chi connectivity index (χ4n) is 3.42. The third kappa shape index (κ3) is 7.09. The van der Waals surface area contributed by atoms with Gasteiger partial charge in [0.15, 0.2) is 5.78 Å². The number of carbonyl (C=O) groups excluding carboxylic acids is 1. The van der Waals surface area contributed by atoms with E-state index in [1.165, 1.54) is 12.1 Å². The molecule has 184 valence electrons. The maximum atomic E-state index is 15.2. The quantitative estimate of drug-likeness (QED) is 0.0812. The number of hydrogen-bond acceptors (Lipinski definition) is 5. The Labute approximate surface area is 231 Å². The van der Waals surface area contributed by atoms with E-state index in [4.69, 9.17) is 10.2 Å². The highest BCUT2D eigenvalue weighted by atomic mass is 127. The minimum atomic E-state index is -0.796. The molecule has 0 spiro atoms. The zero-order valence-corrected chi connectivity index (χ0v) is 23.4. The summed E-state index contributed by atoms with van der Waals surface area (Å²) in [5, 5.41) is 9.88. The minimum absolute atomic E-state index is 0.0300. The fourth-order valence-corrected chi connectivity index (χ4v) is 5.69. The van der Waals surface area contributed by atoms with Crippen molar-refractivity contribution < 1.29 is 23.2 Å². The summed E-state index contributed by atoms with van der Waals surface area (Å²) in [6.07, 6.45) is 0. The summed E-state index contributed by atoms with van der Waals surface area (Å²) < 4.78 is 33.9. The summed E-state index contributed by atoms with van der Waals surface area (Å²) in [6.45, 7) is 0.233. The van der Waals surface area contributed by atoms with Crippen LogP contribution in [-0.2, 0) is 14.1 Å². The van der Waals surface area contributed by atoms with Crippen molar-refractivity contribution >= 4 is 54.2 Å². The van der Waals surface area contributed by atoms with Crippen LogP contribution in [0.15, 0.2) is 102 Å². The number of hydrogen-bond donors (Lipinski definition) is 1. The lowest BCUT2D eigenvalue weighted by Crippen LogP contribution is -2.10. The van der Waals surface area contributed by atoms with Crippen LogP contribution in [0.2, 0.25) is 0 Å². The molecular weight excluding hydrogens is 629 g/mol. The first kappa shape index (κ1) is 25.3. The number of Topliss-reactive ketones (excluding diaryl/α,β-unsaturated/α-hetero) is 1. The van der Waals surface area contributed by atoms with Crippen LogP contribution in [0.5, 0.6) is 17.2 Å². The Balaban J connectivity index is 1.58. The Kier molecular flexibility index (Phi) is 8.93. The molecule has 0 aliphatic rings.